The molecule has 4 nitrogen and oxygen atoms in total. The number of amides is 2. The van der Waals surface area contributed by atoms with Crippen molar-refractivity contribution in [1.29, 1.82) is 0 Å². The van der Waals surface area contributed by atoms with Crippen LogP contribution in [0.1, 0.15) is 38.8 Å². The van der Waals surface area contributed by atoms with E-state index in [0.29, 0.717) is 11.6 Å². The highest BCUT2D eigenvalue weighted by Gasteiger charge is 2.28. The van der Waals surface area contributed by atoms with Gasteiger partial charge in [0.15, 0.2) is 0 Å². The van der Waals surface area contributed by atoms with E-state index in [-0.39, 0.29) is 23.8 Å². The van der Waals surface area contributed by atoms with Gasteiger partial charge in [0.1, 0.15) is 6.04 Å². The van der Waals surface area contributed by atoms with E-state index in [4.69, 9.17) is 11.6 Å². The average molecular weight is 466 g/mol. The van der Waals surface area contributed by atoms with E-state index >= 15 is 0 Å². The molecule has 0 bridgehead atoms. The van der Waals surface area contributed by atoms with E-state index in [9.17, 15) is 9.59 Å². The summed E-state index contributed by atoms with van der Waals surface area (Å²) in [5.41, 5.74) is 1.40. The molecule has 2 rings (SSSR count). The second kappa shape index (κ2) is 9.57. The minimum absolute atomic E-state index is 0.126. The predicted octanol–water partition coefficient (Wildman–Crippen LogP) is 4.98. The molecule has 0 radical (unpaired) electrons. The van der Waals surface area contributed by atoms with Gasteiger partial charge in [-0.1, -0.05) is 51.8 Å². The van der Waals surface area contributed by atoms with Crippen LogP contribution >= 0.6 is 27.5 Å². The van der Waals surface area contributed by atoms with Crippen molar-refractivity contribution in [3.63, 3.8) is 0 Å². The molecule has 0 heterocycles. The quantitative estimate of drug-likeness (QED) is 0.654. The Bertz CT molecular complexity index is 848. The zero-order valence-corrected chi connectivity index (χ0v) is 19.0. The van der Waals surface area contributed by atoms with E-state index in [1.807, 2.05) is 57.2 Å². The molecule has 0 spiro atoms. The zero-order valence-electron chi connectivity index (χ0n) is 16.6. The van der Waals surface area contributed by atoms with E-state index in [0.717, 1.165) is 15.6 Å². The summed E-state index contributed by atoms with van der Waals surface area (Å²) in [4.78, 5) is 27.5. The van der Waals surface area contributed by atoms with Crippen molar-refractivity contribution < 1.29 is 9.59 Å². The second-order valence-corrected chi connectivity index (χ2v) is 9.23. The third-order valence-electron chi connectivity index (χ3n) is 4.15. The molecule has 2 aromatic carbocycles. The van der Waals surface area contributed by atoms with Crippen LogP contribution in [-0.2, 0) is 22.6 Å². The maximum Gasteiger partial charge on any atom is 0.242 e. The third kappa shape index (κ3) is 6.95. The smallest absolute Gasteiger partial charge is 0.242 e. The molecule has 150 valence electrons. The van der Waals surface area contributed by atoms with Gasteiger partial charge in [-0.15, -0.1) is 0 Å². The van der Waals surface area contributed by atoms with Gasteiger partial charge in [-0.2, -0.15) is 0 Å². The molecule has 0 saturated heterocycles. The number of nitrogens with one attached hydrogen (secondary N) is 1. The Morgan fingerprint density at radius 2 is 1.75 bits per heavy atom. The standard InChI is InChI=1S/C22H26BrClN2O2/c1-15(21(28)25-22(2,3)4)26(14-17-8-5-9-18(23)11-17)20(27)13-16-7-6-10-19(24)12-16/h5-12,15H,13-14H2,1-4H3,(H,25,28). The number of halogens is 2. The Hall–Kier alpha value is -1.85. The Morgan fingerprint density at radius 3 is 2.36 bits per heavy atom. The van der Waals surface area contributed by atoms with Crippen molar-refractivity contribution >= 4 is 39.3 Å². The second-order valence-electron chi connectivity index (χ2n) is 7.87. The number of rotatable bonds is 6. The minimum Gasteiger partial charge on any atom is -0.350 e. The summed E-state index contributed by atoms with van der Waals surface area (Å²) in [7, 11) is 0. The molecule has 0 aliphatic rings. The van der Waals surface area contributed by atoms with E-state index in [1.54, 1.807) is 24.0 Å². The van der Waals surface area contributed by atoms with Gasteiger partial charge in [-0.05, 0) is 63.1 Å². The molecule has 1 N–H and O–H groups in total. The predicted molar refractivity (Wildman–Crippen MR) is 117 cm³/mol. The normalized spacial score (nSPS) is 12.4. The maximum absolute atomic E-state index is 13.1. The molecule has 1 unspecified atom stereocenters. The molecule has 0 aliphatic heterocycles. The van der Waals surface area contributed by atoms with Crippen LogP contribution < -0.4 is 5.32 Å². The molecule has 28 heavy (non-hydrogen) atoms. The first-order valence-electron chi connectivity index (χ1n) is 9.15. The highest BCUT2D eigenvalue weighted by Crippen LogP contribution is 2.18. The number of carbonyl (C=O) groups excluding carboxylic acids is 2. The van der Waals surface area contributed by atoms with Crippen molar-refractivity contribution in [3.05, 3.63) is 69.2 Å². The van der Waals surface area contributed by atoms with Gasteiger partial charge in [-0.25, -0.2) is 0 Å². The van der Waals surface area contributed by atoms with Crippen LogP contribution in [0.5, 0.6) is 0 Å². The summed E-state index contributed by atoms with van der Waals surface area (Å²) >= 11 is 9.51. The van der Waals surface area contributed by atoms with Crippen molar-refractivity contribution in [3.8, 4) is 0 Å². The summed E-state index contributed by atoms with van der Waals surface area (Å²) in [6.45, 7) is 7.87. The van der Waals surface area contributed by atoms with Crippen LogP contribution in [0.25, 0.3) is 0 Å². The fourth-order valence-electron chi connectivity index (χ4n) is 2.81. The molecule has 6 heteroatoms. The van der Waals surface area contributed by atoms with Crippen molar-refractivity contribution in [2.24, 2.45) is 0 Å². The van der Waals surface area contributed by atoms with Gasteiger partial charge in [0.2, 0.25) is 11.8 Å². The molecule has 2 amide bonds. The van der Waals surface area contributed by atoms with E-state index in [1.165, 1.54) is 0 Å². The fraction of sp³-hybridized carbons (Fsp3) is 0.364. The maximum atomic E-state index is 13.1. The molecule has 2 aromatic rings. The van der Waals surface area contributed by atoms with Gasteiger partial charge in [0, 0.05) is 21.6 Å². The van der Waals surface area contributed by atoms with Gasteiger partial charge in [-0.3, -0.25) is 9.59 Å². The van der Waals surface area contributed by atoms with Crippen molar-refractivity contribution in [1.82, 2.24) is 10.2 Å². The first-order chi connectivity index (χ1) is 13.0. The molecular formula is C22H26BrClN2O2. The summed E-state index contributed by atoms with van der Waals surface area (Å²) in [5, 5.41) is 3.55. The monoisotopic (exact) mass is 464 g/mol. The lowest BCUT2D eigenvalue weighted by atomic mass is 10.1. The largest absolute Gasteiger partial charge is 0.350 e. The lowest BCUT2D eigenvalue weighted by Crippen LogP contribution is -2.52. The van der Waals surface area contributed by atoms with Gasteiger partial charge >= 0.3 is 0 Å². The Morgan fingerprint density at radius 1 is 1.11 bits per heavy atom. The molecule has 0 saturated carbocycles. The van der Waals surface area contributed by atoms with Crippen molar-refractivity contribution in [2.45, 2.75) is 52.2 Å². The Labute approximate surface area is 180 Å². The first kappa shape index (κ1) is 22.4. The molecule has 0 aromatic heterocycles. The summed E-state index contributed by atoms with van der Waals surface area (Å²) in [6.07, 6.45) is 0.182. The number of hydrogen-bond acceptors (Lipinski definition) is 2. The SMILES string of the molecule is CC(C(=O)NC(C)(C)C)N(Cc1cccc(Br)c1)C(=O)Cc1cccc(Cl)c1. The first-order valence-corrected chi connectivity index (χ1v) is 10.3. The van der Waals surface area contributed by atoms with Crippen LogP contribution in [0.15, 0.2) is 53.0 Å². The van der Waals surface area contributed by atoms with Crippen LogP contribution in [0, 0.1) is 0 Å². The van der Waals surface area contributed by atoms with Crippen LogP contribution in [0.4, 0.5) is 0 Å². The number of carbonyl (C=O) groups is 2. The molecule has 0 aliphatic carbocycles. The van der Waals surface area contributed by atoms with Crippen molar-refractivity contribution in [2.75, 3.05) is 0 Å². The number of benzene rings is 2. The third-order valence-corrected chi connectivity index (χ3v) is 4.88. The molecular weight excluding hydrogens is 440 g/mol. The van der Waals surface area contributed by atoms with Gasteiger partial charge in [0.05, 0.1) is 6.42 Å². The number of hydrogen-bond donors (Lipinski definition) is 1. The zero-order chi connectivity index (χ0) is 20.9. The lowest BCUT2D eigenvalue weighted by Gasteiger charge is -2.31. The highest BCUT2D eigenvalue weighted by atomic mass is 79.9. The Kier molecular flexibility index (Phi) is 7.67. The summed E-state index contributed by atoms with van der Waals surface area (Å²) in [6, 6.07) is 14.4. The summed E-state index contributed by atoms with van der Waals surface area (Å²) in [5.74, 6) is -0.305. The lowest BCUT2D eigenvalue weighted by molar-refractivity contribution is -0.140. The number of nitrogens with zero attached hydrogens (tertiary/aromatic N) is 1. The summed E-state index contributed by atoms with van der Waals surface area (Å²) < 4.78 is 0.930. The van der Waals surface area contributed by atoms with Gasteiger partial charge < -0.3 is 10.2 Å². The Balaban J connectivity index is 2.26. The molecule has 0 fully saturated rings. The van der Waals surface area contributed by atoms with Crippen LogP contribution in [-0.4, -0.2) is 28.3 Å². The molecule has 1 atom stereocenters. The topological polar surface area (TPSA) is 49.4 Å². The fourth-order valence-corrected chi connectivity index (χ4v) is 3.47. The minimum atomic E-state index is -0.607. The average Bonchev–Trinajstić information content (AvgIpc) is 2.57. The van der Waals surface area contributed by atoms with Gasteiger partial charge in [0.25, 0.3) is 0 Å². The van der Waals surface area contributed by atoms with Crippen LogP contribution in [0.3, 0.4) is 0 Å². The van der Waals surface area contributed by atoms with E-state index < -0.39 is 6.04 Å². The van der Waals surface area contributed by atoms with Crippen LogP contribution in [0.2, 0.25) is 5.02 Å². The highest BCUT2D eigenvalue weighted by molar-refractivity contribution is 9.10. The van der Waals surface area contributed by atoms with E-state index in [2.05, 4.69) is 21.2 Å².